The summed E-state index contributed by atoms with van der Waals surface area (Å²) in [5.74, 6) is -0.638. The molecular formula is C18H20F2N4O3. The lowest BCUT2D eigenvalue weighted by atomic mass is 9.94. The van der Waals surface area contributed by atoms with Gasteiger partial charge in [-0.2, -0.15) is 13.9 Å². The van der Waals surface area contributed by atoms with E-state index in [1.54, 1.807) is 31.2 Å². The molecule has 7 nitrogen and oxygen atoms in total. The molecule has 2 aromatic rings. The van der Waals surface area contributed by atoms with Crippen LogP contribution in [0.2, 0.25) is 0 Å². The summed E-state index contributed by atoms with van der Waals surface area (Å²) in [6.07, 6.45) is 1.71. The number of anilines is 1. The van der Waals surface area contributed by atoms with Crippen LogP contribution in [0.5, 0.6) is 0 Å². The van der Waals surface area contributed by atoms with Gasteiger partial charge in [-0.3, -0.25) is 4.79 Å². The Morgan fingerprint density at radius 3 is 2.89 bits per heavy atom. The van der Waals surface area contributed by atoms with Crippen LogP contribution < -0.4 is 10.6 Å². The Kier molecular flexibility index (Phi) is 5.38. The molecule has 3 rings (SSSR count). The quantitative estimate of drug-likeness (QED) is 0.736. The van der Waals surface area contributed by atoms with Crippen molar-refractivity contribution < 1.29 is 23.5 Å². The van der Waals surface area contributed by atoms with Crippen LogP contribution in [0.1, 0.15) is 44.3 Å². The predicted molar refractivity (Wildman–Crippen MR) is 94.5 cm³/mol. The molecule has 0 radical (unpaired) electrons. The molecule has 1 aromatic heterocycles. The molecule has 9 heteroatoms. The Morgan fingerprint density at radius 2 is 2.19 bits per heavy atom. The van der Waals surface area contributed by atoms with Crippen molar-refractivity contribution in [2.24, 2.45) is 5.92 Å². The van der Waals surface area contributed by atoms with Gasteiger partial charge in [-0.15, -0.1) is 0 Å². The van der Waals surface area contributed by atoms with Crippen LogP contribution in [0, 0.1) is 5.92 Å². The molecule has 3 N–H and O–H groups in total. The van der Waals surface area contributed by atoms with Crippen molar-refractivity contribution in [1.82, 2.24) is 15.1 Å². The number of hydrogen-bond donors (Lipinski definition) is 3. The lowest BCUT2D eigenvalue weighted by Gasteiger charge is -2.21. The Labute approximate surface area is 154 Å². The van der Waals surface area contributed by atoms with Crippen LogP contribution in [-0.2, 0) is 4.79 Å². The predicted octanol–water partition coefficient (Wildman–Crippen LogP) is 4.01. The first-order valence-corrected chi connectivity index (χ1v) is 8.63. The van der Waals surface area contributed by atoms with Gasteiger partial charge in [0.15, 0.2) is 0 Å². The van der Waals surface area contributed by atoms with Crippen LogP contribution in [0.15, 0.2) is 30.5 Å². The number of hydrogen-bond acceptors (Lipinski definition) is 3. The third kappa shape index (κ3) is 4.07. The van der Waals surface area contributed by atoms with E-state index in [-0.39, 0.29) is 23.2 Å². The van der Waals surface area contributed by atoms with Crippen molar-refractivity contribution in [1.29, 1.82) is 0 Å². The number of nitrogens with one attached hydrogen (secondary N) is 2. The minimum absolute atomic E-state index is 0.0852. The second kappa shape index (κ2) is 7.73. The molecule has 0 fully saturated rings. The number of halogens is 2. The lowest BCUT2D eigenvalue weighted by molar-refractivity contribution is -0.119. The summed E-state index contributed by atoms with van der Waals surface area (Å²) in [5.41, 5.74) is 1.38. The van der Waals surface area contributed by atoms with Gasteiger partial charge in [0.05, 0.1) is 23.6 Å². The first-order valence-electron chi connectivity index (χ1n) is 8.63. The summed E-state index contributed by atoms with van der Waals surface area (Å²) < 4.78 is 27.4. The first kappa shape index (κ1) is 18.8. The maximum atomic E-state index is 13.4. The Bertz CT molecular complexity index is 853. The number of fused-ring (bicyclic) bond motifs is 4. The van der Waals surface area contributed by atoms with Gasteiger partial charge >= 0.3 is 12.6 Å². The van der Waals surface area contributed by atoms with Crippen molar-refractivity contribution in [2.75, 3.05) is 5.32 Å². The molecule has 1 aliphatic heterocycles. The molecule has 1 aliphatic rings. The van der Waals surface area contributed by atoms with Crippen molar-refractivity contribution >= 4 is 17.7 Å². The average molecular weight is 378 g/mol. The third-order valence-corrected chi connectivity index (χ3v) is 4.68. The Hall–Kier alpha value is -2.97. The van der Waals surface area contributed by atoms with E-state index in [0.29, 0.717) is 35.1 Å². The standard InChI is InChI=1S/C18H20F2N4O3/c1-10-4-2-7-13(23-18(26)27)11-5-3-6-12(8-11)15-14(22-16(10)25)9-21-24(15)17(19)20/h3,5-6,8-10,13,17,23H,2,4,7H2,1H3,(H,22,25)(H,26,27)/t10-,13+/m1/s1. The van der Waals surface area contributed by atoms with Crippen LogP contribution in [0.3, 0.4) is 0 Å². The van der Waals surface area contributed by atoms with Crippen molar-refractivity contribution in [3.63, 3.8) is 0 Å². The van der Waals surface area contributed by atoms with E-state index in [4.69, 9.17) is 5.11 Å². The molecule has 2 amide bonds. The summed E-state index contributed by atoms with van der Waals surface area (Å²) in [5, 5.41) is 18.0. The first-order chi connectivity index (χ1) is 12.9. The maximum Gasteiger partial charge on any atom is 0.405 e. The molecule has 2 heterocycles. The molecule has 0 saturated heterocycles. The molecule has 0 unspecified atom stereocenters. The number of nitrogens with zero attached hydrogens (tertiary/aromatic N) is 2. The molecular weight excluding hydrogens is 358 g/mol. The van der Waals surface area contributed by atoms with Crippen LogP contribution in [0.25, 0.3) is 11.3 Å². The minimum atomic E-state index is -2.88. The number of alkyl halides is 2. The number of benzene rings is 1. The SMILES string of the molecule is C[C@@H]1CCC[C@H](NC(=O)O)c2cccc(c2)-c2c(cnn2C(F)F)NC1=O. The summed E-state index contributed by atoms with van der Waals surface area (Å²) in [4.78, 5) is 23.6. The molecule has 0 saturated carbocycles. The normalized spacial score (nSPS) is 20.2. The summed E-state index contributed by atoms with van der Waals surface area (Å²) >= 11 is 0. The highest BCUT2D eigenvalue weighted by molar-refractivity contribution is 5.95. The zero-order valence-corrected chi connectivity index (χ0v) is 14.7. The number of carbonyl (C=O) groups excluding carboxylic acids is 1. The lowest BCUT2D eigenvalue weighted by Crippen LogP contribution is -2.27. The topological polar surface area (TPSA) is 96.2 Å². The number of rotatable bonds is 2. The second-order valence-corrected chi connectivity index (χ2v) is 6.58. The van der Waals surface area contributed by atoms with E-state index in [1.807, 2.05) is 0 Å². The highest BCUT2D eigenvalue weighted by Crippen LogP contribution is 2.34. The van der Waals surface area contributed by atoms with Gasteiger partial charge in [0.25, 0.3) is 0 Å². The van der Waals surface area contributed by atoms with Crippen molar-refractivity contribution in [3.8, 4) is 11.3 Å². The largest absolute Gasteiger partial charge is 0.465 e. The van der Waals surface area contributed by atoms with E-state index in [0.717, 1.165) is 0 Å². The second-order valence-electron chi connectivity index (χ2n) is 6.58. The molecule has 2 bridgehead atoms. The Morgan fingerprint density at radius 1 is 1.41 bits per heavy atom. The van der Waals surface area contributed by atoms with Gasteiger partial charge in [-0.1, -0.05) is 31.5 Å². The van der Waals surface area contributed by atoms with Gasteiger partial charge in [-0.25, -0.2) is 9.48 Å². The number of aromatic nitrogens is 2. The fourth-order valence-electron chi connectivity index (χ4n) is 3.28. The van der Waals surface area contributed by atoms with Crippen molar-refractivity contribution in [3.05, 3.63) is 36.0 Å². The van der Waals surface area contributed by atoms with E-state index in [1.165, 1.54) is 6.20 Å². The van der Waals surface area contributed by atoms with E-state index < -0.39 is 18.7 Å². The summed E-state index contributed by atoms with van der Waals surface area (Å²) in [6, 6.07) is 6.20. The zero-order chi connectivity index (χ0) is 19.6. The highest BCUT2D eigenvalue weighted by Gasteiger charge is 2.24. The summed E-state index contributed by atoms with van der Waals surface area (Å²) in [6.45, 7) is -1.13. The Balaban J connectivity index is 2.13. The number of carboxylic acid groups (broad SMARTS) is 1. The molecule has 0 aliphatic carbocycles. The van der Waals surface area contributed by atoms with Gasteiger partial charge in [0.1, 0.15) is 0 Å². The van der Waals surface area contributed by atoms with E-state index >= 15 is 0 Å². The molecule has 144 valence electrons. The number of amides is 2. The molecule has 27 heavy (non-hydrogen) atoms. The van der Waals surface area contributed by atoms with Crippen molar-refractivity contribution in [2.45, 2.75) is 38.8 Å². The maximum absolute atomic E-state index is 13.4. The van der Waals surface area contributed by atoms with E-state index in [2.05, 4.69) is 15.7 Å². The highest BCUT2D eigenvalue weighted by atomic mass is 19.3. The minimum Gasteiger partial charge on any atom is -0.465 e. The molecule has 2 atom stereocenters. The smallest absolute Gasteiger partial charge is 0.405 e. The van der Waals surface area contributed by atoms with Crippen LogP contribution in [0.4, 0.5) is 19.3 Å². The van der Waals surface area contributed by atoms with Gasteiger partial charge < -0.3 is 15.7 Å². The van der Waals surface area contributed by atoms with Crippen LogP contribution in [-0.4, -0.2) is 26.9 Å². The molecule has 1 aromatic carbocycles. The van der Waals surface area contributed by atoms with Gasteiger partial charge in [0.2, 0.25) is 5.91 Å². The zero-order valence-electron chi connectivity index (χ0n) is 14.7. The number of carbonyl (C=O) groups is 2. The average Bonchev–Trinajstić information content (AvgIpc) is 3.03. The fraction of sp³-hybridized carbons (Fsp3) is 0.389. The molecule has 0 spiro atoms. The summed E-state index contributed by atoms with van der Waals surface area (Å²) in [7, 11) is 0. The van der Waals surface area contributed by atoms with Gasteiger partial charge in [0, 0.05) is 11.5 Å². The monoisotopic (exact) mass is 378 g/mol. The van der Waals surface area contributed by atoms with Crippen LogP contribution >= 0.6 is 0 Å². The van der Waals surface area contributed by atoms with Gasteiger partial charge in [-0.05, 0) is 24.5 Å². The van der Waals surface area contributed by atoms with E-state index in [9.17, 15) is 18.4 Å². The third-order valence-electron chi connectivity index (χ3n) is 4.68. The fourth-order valence-corrected chi connectivity index (χ4v) is 3.28.